The number of benzene rings is 3. The number of carbonyl (C=O) groups is 1. The molecule has 38 heavy (non-hydrogen) atoms. The minimum Gasteiger partial charge on any atom is -0.493 e. The van der Waals surface area contributed by atoms with Crippen molar-refractivity contribution in [3.05, 3.63) is 89.5 Å². The third-order valence-electron chi connectivity index (χ3n) is 5.17. The van der Waals surface area contributed by atoms with Crippen molar-refractivity contribution in [1.29, 1.82) is 0 Å². The third kappa shape index (κ3) is 8.99. The second kappa shape index (κ2) is 12.3. The Hall–Kier alpha value is -4.28. The van der Waals surface area contributed by atoms with Crippen molar-refractivity contribution >= 4 is 23.4 Å². The summed E-state index contributed by atoms with van der Waals surface area (Å²) >= 11 is 0. The molecule has 0 unspecified atom stereocenters. The maximum atomic E-state index is 14.6. The van der Waals surface area contributed by atoms with Gasteiger partial charge in [0.25, 0.3) is 0 Å². The van der Waals surface area contributed by atoms with Crippen LogP contribution < -0.4 is 20.9 Å². The first kappa shape index (κ1) is 28.3. The van der Waals surface area contributed by atoms with E-state index < -0.39 is 36.8 Å². The van der Waals surface area contributed by atoms with E-state index in [2.05, 4.69) is 0 Å². The molecule has 11 heteroatoms. The lowest BCUT2D eigenvalue weighted by Gasteiger charge is -2.18. The summed E-state index contributed by atoms with van der Waals surface area (Å²) in [6.45, 7) is -0.489. The summed E-state index contributed by atoms with van der Waals surface area (Å²) in [6, 6.07) is 14.9. The van der Waals surface area contributed by atoms with Gasteiger partial charge in [-0.25, -0.2) is 4.79 Å². The Morgan fingerprint density at radius 3 is 2.13 bits per heavy atom. The Kier molecular flexibility index (Phi) is 9.16. The molecule has 0 aromatic heterocycles. The number of hydrogen-bond donors (Lipinski definition) is 2. The van der Waals surface area contributed by atoms with Gasteiger partial charge in [0.2, 0.25) is 0 Å². The summed E-state index contributed by atoms with van der Waals surface area (Å²) in [4.78, 5) is 11.9. The lowest BCUT2D eigenvalue weighted by Crippen LogP contribution is -2.21. The van der Waals surface area contributed by atoms with E-state index in [0.29, 0.717) is 23.4 Å². The van der Waals surface area contributed by atoms with Crippen molar-refractivity contribution in [1.82, 2.24) is 0 Å². The zero-order chi connectivity index (χ0) is 27.8. The predicted molar refractivity (Wildman–Crippen MR) is 133 cm³/mol. The largest absolute Gasteiger partial charge is 0.493 e. The number of ether oxygens (including phenoxy) is 3. The van der Waals surface area contributed by atoms with E-state index in [1.165, 1.54) is 48.6 Å². The van der Waals surface area contributed by atoms with Crippen LogP contribution in [0.3, 0.4) is 0 Å². The molecule has 3 aromatic rings. The van der Waals surface area contributed by atoms with Crippen LogP contribution in [-0.2, 0) is 22.1 Å². The van der Waals surface area contributed by atoms with E-state index in [9.17, 15) is 26.7 Å². The van der Waals surface area contributed by atoms with E-state index >= 15 is 0 Å². The van der Waals surface area contributed by atoms with Crippen LogP contribution in [0.25, 0.3) is 6.08 Å². The molecule has 0 bridgehead atoms. The van der Waals surface area contributed by atoms with Crippen LogP contribution in [0.5, 0.6) is 11.5 Å². The van der Waals surface area contributed by atoms with Gasteiger partial charge in [-0.2, -0.15) is 22.0 Å². The van der Waals surface area contributed by atoms with Crippen LogP contribution in [0.2, 0.25) is 0 Å². The molecule has 6 nitrogen and oxygen atoms in total. The highest BCUT2D eigenvalue weighted by Gasteiger charge is 2.34. The molecule has 0 heterocycles. The van der Waals surface area contributed by atoms with Crippen molar-refractivity contribution in [2.24, 2.45) is 0 Å². The maximum absolute atomic E-state index is 14.6. The molecule has 202 valence electrons. The van der Waals surface area contributed by atoms with Gasteiger partial charge in [0.1, 0.15) is 11.5 Å². The van der Waals surface area contributed by atoms with Crippen LogP contribution in [0.15, 0.2) is 72.8 Å². The molecule has 0 amide bonds. The van der Waals surface area contributed by atoms with Gasteiger partial charge < -0.3 is 25.7 Å². The summed E-state index contributed by atoms with van der Waals surface area (Å²) in [6.07, 6.45) is -6.18. The van der Waals surface area contributed by atoms with Crippen LogP contribution in [-0.4, -0.2) is 25.4 Å². The van der Waals surface area contributed by atoms with Crippen LogP contribution >= 0.6 is 0 Å². The molecule has 0 radical (unpaired) electrons. The first-order valence-electron chi connectivity index (χ1n) is 11.4. The van der Waals surface area contributed by atoms with Gasteiger partial charge in [-0.3, -0.25) is 0 Å². The Bertz CT molecular complexity index is 1240. The fraction of sp³-hybridized carbons (Fsp3) is 0.222. The second-order valence-corrected chi connectivity index (χ2v) is 8.13. The highest BCUT2D eigenvalue weighted by Crippen LogP contribution is 2.32. The molecule has 0 saturated heterocycles. The molecule has 0 saturated carbocycles. The number of alkyl halides is 5. The van der Waals surface area contributed by atoms with Crippen molar-refractivity contribution in [3.63, 3.8) is 0 Å². The highest BCUT2D eigenvalue weighted by molar-refractivity contribution is 5.87. The fourth-order valence-electron chi connectivity index (χ4n) is 3.20. The fourth-order valence-corrected chi connectivity index (χ4v) is 3.20. The standard InChI is InChI=1S/C27H25F5N2O4/c28-26(29,30)14-16-36-22-8-10-23(11-9-22)38-27(31,32)20-5-1-18(2-6-20)3-12-25(35)37-15-13-19-4-7-21(33)17-24(19)34/h1-12,17H,13-16,33-34H2/b12-3+. The SMILES string of the molecule is Nc1ccc(CCOC(=O)/C=C/c2ccc(C(F)(F)Oc3ccc(OCCC(F)(F)F)cc3)cc2)c(N)c1. The predicted octanol–water partition coefficient (Wildman–Crippen LogP) is 6.11. The molecule has 3 aromatic carbocycles. The molecule has 0 aliphatic rings. The zero-order valence-electron chi connectivity index (χ0n) is 20.0. The third-order valence-corrected chi connectivity index (χ3v) is 5.17. The van der Waals surface area contributed by atoms with Gasteiger partial charge in [0.05, 0.1) is 25.2 Å². The maximum Gasteiger partial charge on any atom is 0.426 e. The number of hydrogen-bond acceptors (Lipinski definition) is 6. The topological polar surface area (TPSA) is 96.8 Å². The Morgan fingerprint density at radius 1 is 0.842 bits per heavy atom. The van der Waals surface area contributed by atoms with E-state index in [-0.39, 0.29) is 18.1 Å². The molecule has 3 rings (SSSR count). The molecule has 0 aliphatic heterocycles. The molecule has 0 aliphatic carbocycles. The van der Waals surface area contributed by atoms with Crippen molar-refractivity contribution < 1.29 is 41.0 Å². The number of halogens is 5. The monoisotopic (exact) mass is 536 g/mol. The van der Waals surface area contributed by atoms with Gasteiger partial charge >= 0.3 is 18.3 Å². The van der Waals surface area contributed by atoms with Crippen molar-refractivity contribution in [2.75, 3.05) is 24.7 Å². The zero-order valence-corrected chi connectivity index (χ0v) is 20.0. The Balaban J connectivity index is 1.49. The summed E-state index contributed by atoms with van der Waals surface area (Å²) in [5.41, 5.74) is 13.4. The van der Waals surface area contributed by atoms with Gasteiger partial charge in [0, 0.05) is 23.9 Å². The number of rotatable bonds is 11. The van der Waals surface area contributed by atoms with E-state index in [1.807, 2.05) is 0 Å². The number of nitrogen functional groups attached to an aromatic ring is 2. The van der Waals surface area contributed by atoms with Crippen LogP contribution in [0.4, 0.5) is 33.3 Å². The highest BCUT2D eigenvalue weighted by atomic mass is 19.4. The molecular weight excluding hydrogens is 511 g/mol. The van der Waals surface area contributed by atoms with Crippen molar-refractivity contribution in [3.8, 4) is 11.5 Å². The second-order valence-electron chi connectivity index (χ2n) is 8.13. The average Bonchev–Trinajstić information content (AvgIpc) is 2.84. The molecule has 4 N–H and O–H groups in total. The minimum atomic E-state index is -4.35. The lowest BCUT2D eigenvalue weighted by molar-refractivity contribution is -0.185. The Morgan fingerprint density at radius 2 is 1.50 bits per heavy atom. The molecular formula is C27H25F5N2O4. The molecule has 0 fully saturated rings. The average molecular weight is 536 g/mol. The molecule has 0 atom stereocenters. The number of nitrogens with two attached hydrogens (primary N) is 2. The number of anilines is 2. The quantitative estimate of drug-likeness (QED) is 0.133. The summed E-state index contributed by atoms with van der Waals surface area (Å²) in [5.74, 6) is -0.720. The van der Waals surface area contributed by atoms with E-state index in [4.69, 9.17) is 25.7 Å². The van der Waals surface area contributed by atoms with Gasteiger partial charge in [0.15, 0.2) is 0 Å². The minimum absolute atomic E-state index is 0.0916. The van der Waals surface area contributed by atoms with E-state index in [0.717, 1.165) is 17.7 Å². The number of carbonyl (C=O) groups excluding carboxylic acids is 1. The lowest BCUT2D eigenvalue weighted by atomic mass is 10.1. The smallest absolute Gasteiger partial charge is 0.426 e. The summed E-state index contributed by atoms with van der Waals surface area (Å²) in [5, 5.41) is 0. The van der Waals surface area contributed by atoms with Gasteiger partial charge in [-0.15, -0.1) is 0 Å². The Labute approximate surface area is 215 Å². The summed E-state index contributed by atoms with van der Waals surface area (Å²) < 4.78 is 80.5. The van der Waals surface area contributed by atoms with Gasteiger partial charge in [-0.05, 0) is 65.7 Å². The van der Waals surface area contributed by atoms with Crippen LogP contribution in [0.1, 0.15) is 23.1 Å². The first-order valence-corrected chi connectivity index (χ1v) is 11.4. The van der Waals surface area contributed by atoms with Crippen molar-refractivity contribution in [2.45, 2.75) is 25.1 Å². The first-order chi connectivity index (χ1) is 17.9. The van der Waals surface area contributed by atoms with Gasteiger partial charge in [-0.1, -0.05) is 18.2 Å². The van der Waals surface area contributed by atoms with E-state index in [1.54, 1.807) is 18.2 Å². The van der Waals surface area contributed by atoms with Crippen LogP contribution in [0, 0.1) is 0 Å². The normalized spacial score (nSPS) is 11.9. The summed E-state index contributed by atoms with van der Waals surface area (Å²) in [7, 11) is 0. The number of esters is 1. The molecule has 0 spiro atoms.